The molecule has 0 spiro atoms. The maximum atomic E-state index is 5.56. The lowest BCUT2D eigenvalue weighted by atomic mass is 10.1. The van der Waals surface area contributed by atoms with Gasteiger partial charge in [0.15, 0.2) is 5.65 Å². The van der Waals surface area contributed by atoms with Crippen molar-refractivity contribution in [3.8, 4) is 0 Å². The van der Waals surface area contributed by atoms with Crippen LogP contribution < -0.4 is 0 Å². The third-order valence-corrected chi connectivity index (χ3v) is 5.07. The second-order valence-corrected chi connectivity index (χ2v) is 6.44. The standard InChI is InChI=1S/C17H24N4O/c1-2-20-9-4-6-15(20)17-19-14-5-3-8-18-16(14)21(17)11-13-7-10-22-12-13/h3,5,8,13,15H,2,4,6-7,9-12H2,1H3. The summed E-state index contributed by atoms with van der Waals surface area (Å²) >= 11 is 0. The van der Waals surface area contributed by atoms with E-state index in [9.17, 15) is 0 Å². The number of rotatable bonds is 4. The number of hydrogen-bond acceptors (Lipinski definition) is 4. The molecule has 2 atom stereocenters. The summed E-state index contributed by atoms with van der Waals surface area (Å²) in [6, 6.07) is 4.51. The molecule has 5 heteroatoms. The van der Waals surface area contributed by atoms with Crippen LogP contribution in [0.4, 0.5) is 0 Å². The molecule has 0 amide bonds. The smallest absolute Gasteiger partial charge is 0.160 e. The van der Waals surface area contributed by atoms with Crippen LogP contribution in [0.2, 0.25) is 0 Å². The van der Waals surface area contributed by atoms with E-state index < -0.39 is 0 Å². The SMILES string of the molecule is CCN1CCCC1c1nc2cccnc2n1CC1CCOC1. The van der Waals surface area contributed by atoms with Crippen LogP contribution in [-0.2, 0) is 11.3 Å². The fourth-order valence-electron chi connectivity index (χ4n) is 3.89. The first-order valence-corrected chi connectivity index (χ1v) is 8.49. The van der Waals surface area contributed by atoms with Crippen LogP contribution in [0.25, 0.3) is 11.2 Å². The van der Waals surface area contributed by atoms with Gasteiger partial charge in [-0.1, -0.05) is 6.92 Å². The number of nitrogens with zero attached hydrogens (tertiary/aromatic N) is 4. The van der Waals surface area contributed by atoms with Crippen LogP contribution in [-0.4, -0.2) is 45.7 Å². The fraction of sp³-hybridized carbons (Fsp3) is 0.647. The summed E-state index contributed by atoms with van der Waals surface area (Å²) < 4.78 is 7.93. The molecule has 118 valence electrons. The molecule has 0 aromatic carbocycles. The van der Waals surface area contributed by atoms with Gasteiger partial charge >= 0.3 is 0 Å². The molecule has 0 bridgehead atoms. The minimum atomic E-state index is 0.446. The topological polar surface area (TPSA) is 43.2 Å². The summed E-state index contributed by atoms with van der Waals surface area (Å²) in [6.07, 6.45) is 5.50. The Hall–Kier alpha value is -1.46. The van der Waals surface area contributed by atoms with Crippen molar-refractivity contribution in [3.05, 3.63) is 24.2 Å². The van der Waals surface area contributed by atoms with Gasteiger partial charge in [0.1, 0.15) is 11.3 Å². The molecule has 2 aromatic rings. The zero-order valence-electron chi connectivity index (χ0n) is 13.2. The van der Waals surface area contributed by atoms with E-state index in [1.165, 1.54) is 25.2 Å². The summed E-state index contributed by atoms with van der Waals surface area (Å²) in [4.78, 5) is 12.1. The Morgan fingerprint density at radius 2 is 2.32 bits per heavy atom. The van der Waals surface area contributed by atoms with Crippen molar-refractivity contribution >= 4 is 11.2 Å². The van der Waals surface area contributed by atoms with Crippen molar-refractivity contribution in [3.63, 3.8) is 0 Å². The molecule has 2 fully saturated rings. The molecule has 2 unspecified atom stereocenters. The zero-order chi connectivity index (χ0) is 14.9. The predicted molar refractivity (Wildman–Crippen MR) is 85.7 cm³/mol. The molecule has 4 heterocycles. The minimum Gasteiger partial charge on any atom is -0.381 e. The maximum Gasteiger partial charge on any atom is 0.160 e. The summed E-state index contributed by atoms with van der Waals surface area (Å²) in [7, 11) is 0. The predicted octanol–water partition coefficient (Wildman–Crippen LogP) is 2.62. The fourth-order valence-corrected chi connectivity index (χ4v) is 3.89. The number of aromatic nitrogens is 3. The Labute approximate surface area is 131 Å². The molecule has 0 radical (unpaired) electrons. The molecule has 2 aliphatic rings. The second kappa shape index (κ2) is 5.97. The number of likely N-dealkylation sites (tertiary alicyclic amines) is 1. The molecule has 22 heavy (non-hydrogen) atoms. The van der Waals surface area contributed by atoms with Gasteiger partial charge in [0.2, 0.25) is 0 Å². The molecule has 0 N–H and O–H groups in total. The number of pyridine rings is 1. The molecular weight excluding hydrogens is 276 g/mol. The molecule has 4 rings (SSSR count). The Kier molecular flexibility index (Phi) is 3.84. The van der Waals surface area contributed by atoms with Crippen molar-refractivity contribution in [2.45, 2.75) is 38.8 Å². The highest BCUT2D eigenvalue weighted by atomic mass is 16.5. The van der Waals surface area contributed by atoms with Gasteiger partial charge < -0.3 is 9.30 Å². The molecule has 0 aliphatic carbocycles. The second-order valence-electron chi connectivity index (χ2n) is 6.44. The lowest BCUT2D eigenvalue weighted by molar-refractivity contribution is 0.181. The molecule has 0 saturated carbocycles. The minimum absolute atomic E-state index is 0.446. The molecule has 2 saturated heterocycles. The van der Waals surface area contributed by atoms with Gasteiger partial charge in [0.05, 0.1) is 12.6 Å². The normalized spacial score (nSPS) is 26.2. The molecule has 5 nitrogen and oxygen atoms in total. The van der Waals surface area contributed by atoms with Crippen molar-refractivity contribution in [2.75, 3.05) is 26.3 Å². The highest BCUT2D eigenvalue weighted by Crippen LogP contribution is 2.33. The third kappa shape index (κ3) is 2.42. The first-order valence-electron chi connectivity index (χ1n) is 8.49. The van der Waals surface area contributed by atoms with E-state index in [-0.39, 0.29) is 0 Å². The van der Waals surface area contributed by atoms with E-state index in [0.717, 1.165) is 43.9 Å². The van der Waals surface area contributed by atoms with Crippen molar-refractivity contribution in [1.29, 1.82) is 0 Å². The van der Waals surface area contributed by atoms with Crippen LogP contribution >= 0.6 is 0 Å². The van der Waals surface area contributed by atoms with Crippen LogP contribution in [0, 0.1) is 5.92 Å². The lowest BCUT2D eigenvalue weighted by Gasteiger charge is -2.24. The summed E-state index contributed by atoms with van der Waals surface area (Å²) in [5.41, 5.74) is 2.06. The first-order chi connectivity index (χ1) is 10.9. The van der Waals surface area contributed by atoms with Crippen LogP contribution in [0.3, 0.4) is 0 Å². The van der Waals surface area contributed by atoms with E-state index in [0.29, 0.717) is 12.0 Å². The van der Waals surface area contributed by atoms with Gasteiger partial charge in [-0.3, -0.25) is 4.90 Å². The monoisotopic (exact) mass is 300 g/mol. The number of fused-ring (bicyclic) bond motifs is 1. The Morgan fingerprint density at radius 1 is 1.36 bits per heavy atom. The van der Waals surface area contributed by atoms with Gasteiger partial charge in [-0.25, -0.2) is 9.97 Å². The van der Waals surface area contributed by atoms with Gasteiger partial charge in [-0.2, -0.15) is 0 Å². The summed E-state index contributed by atoms with van der Waals surface area (Å²) in [5.74, 6) is 1.80. The highest BCUT2D eigenvalue weighted by molar-refractivity contribution is 5.71. The van der Waals surface area contributed by atoms with Gasteiger partial charge in [0.25, 0.3) is 0 Å². The van der Waals surface area contributed by atoms with Gasteiger partial charge in [-0.15, -0.1) is 0 Å². The van der Waals surface area contributed by atoms with E-state index >= 15 is 0 Å². The molecule has 2 aliphatic heterocycles. The van der Waals surface area contributed by atoms with Crippen molar-refractivity contribution in [1.82, 2.24) is 19.4 Å². The van der Waals surface area contributed by atoms with E-state index in [1.54, 1.807) is 0 Å². The molecular formula is C17H24N4O. The Balaban J connectivity index is 1.75. The number of ether oxygens (including phenoxy) is 1. The summed E-state index contributed by atoms with van der Waals surface area (Å²) in [6.45, 7) is 7.27. The van der Waals surface area contributed by atoms with Gasteiger partial charge in [-0.05, 0) is 44.5 Å². The molecule has 2 aromatic heterocycles. The maximum absolute atomic E-state index is 5.56. The van der Waals surface area contributed by atoms with E-state index in [4.69, 9.17) is 9.72 Å². The Morgan fingerprint density at radius 3 is 3.14 bits per heavy atom. The van der Waals surface area contributed by atoms with Crippen LogP contribution in [0.5, 0.6) is 0 Å². The van der Waals surface area contributed by atoms with Crippen molar-refractivity contribution in [2.24, 2.45) is 5.92 Å². The zero-order valence-corrected chi connectivity index (χ0v) is 13.2. The Bertz CT molecular complexity index is 647. The average Bonchev–Trinajstić information content (AvgIpc) is 3.27. The van der Waals surface area contributed by atoms with Crippen molar-refractivity contribution < 1.29 is 4.74 Å². The third-order valence-electron chi connectivity index (χ3n) is 5.07. The van der Waals surface area contributed by atoms with E-state index in [2.05, 4.69) is 27.4 Å². The largest absolute Gasteiger partial charge is 0.381 e. The van der Waals surface area contributed by atoms with Crippen LogP contribution in [0.1, 0.15) is 38.1 Å². The average molecular weight is 300 g/mol. The number of imidazole rings is 1. The highest BCUT2D eigenvalue weighted by Gasteiger charge is 2.30. The number of hydrogen-bond donors (Lipinski definition) is 0. The van der Waals surface area contributed by atoms with E-state index in [1.807, 2.05) is 12.3 Å². The quantitative estimate of drug-likeness (QED) is 0.870. The first kappa shape index (κ1) is 14.2. The summed E-state index contributed by atoms with van der Waals surface area (Å²) in [5, 5.41) is 0. The lowest BCUT2D eigenvalue weighted by Crippen LogP contribution is -2.26. The van der Waals surface area contributed by atoms with Gasteiger partial charge in [0, 0.05) is 25.3 Å². The van der Waals surface area contributed by atoms with Crippen LogP contribution in [0.15, 0.2) is 18.3 Å².